The van der Waals surface area contributed by atoms with Gasteiger partial charge in [0.2, 0.25) is 0 Å². The highest BCUT2D eigenvalue weighted by molar-refractivity contribution is 7.08. The van der Waals surface area contributed by atoms with E-state index in [0.717, 1.165) is 22.3 Å². The van der Waals surface area contributed by atoms with Crippen LogP contribution in [0.15, 0.2) is 76.2 Å². The number of hydrogen-bond acceptors (Lipinski definition) is 5. The molecule has 31 heavy (non-hydrogen) atoms. The number of aryl methyl sites for hydroxylation is 1. The Kier molecular flexibility index (Phi) is 4.86. The van der Waals surface area contributed by atoms with Crippen molar-refractivity contribution in [3.8, 4) is 11.8 Å². The molecule has 0 bridgehead atoms. The summed E-state index contributed by atoms with van der Waals surface area (Å²) in [6, 6.07) is 21.4. The van der Waals surface area contributed by atoms with Crippen LogP contribution in [-0.4, -0.2) is 14.1 Å². The quantitative estimate of drug-likeness (QED) is 0.432. The second-order valence-electron chi connectivity index (χ2n) is 6.92. The summed E-state index contributed by atoms with van der Waals surface area (Å²) in [5, 5.41) is 14.1. The number of aromatic nitrogens is 3. The minimum atomic E-state index is -0.149. The molecular weight excluding hydrogens is 424 g/mol. The predicted molar refractivity (Wildman–Crippen MR) is 126 cm³/mol. The van der Waals surface area contributed by atoms with E-state index in [1.807, 2.05) is 89.1 Å². The summed E-state index contributed by atoms with van der Waals surface area (Å²) in [7, 11) is 1.89. The van der Waals surface area contributed by atoms with Gasteiger partial charge in [0.25, 0.3) is 5.56 Å². The molecule has 0 unspecified atom stereocenters. The lowest BCUT2D eigenvalue weighted by Crippen LogP contribution is -2.31. The van der Waals surface area contributed by atoms with E-state index in [9.17, 15) is 10.1 Å². The zero-order chi connectivity index (χ0) is 21.4. The Morgan fingerprint density at radius 2 is 1.87 bits per heavy atom. The molecule has 5 nitrogen and oxygen atoms in total. The maximum absolute atomic E-state index is 13.4. The van der Waals surface area contributed by atoms with Gasteiger partial charge in [0, 0.05) is 7.05 Å². The molecule has 150 valence electrons. The number of nitriles is 1. The van der Waals surface area contributed by atoms with Crippen molar-refractivity contribution in [1.82, 2.24) is 14.1 Å². The second-order valence-corrected chi connectivity index (χ2v) is 8.73. The van der Waals surface area contributed by atoms with Gasteiger partial charge in [-0.2, -0.15) is 16.6 Å². The first kappa shape index (κ1) is 19.2. The van der Waals surface area contributed by atoms with Gasteiger partial charge >= 0.3 is 0 Å². The van der Waals surface area contributed by atoms with Crippen LogP contribution in [0, 0.1) is 11.3 Å². The van der Waals surface area contributed by atoms with Crippen LogP contribution in [0.1, 0.15) is 11.4 Å². The van der Waals surface area contributed by atoms with Crippen LogP contribution in [0.25, 0.3) is 28.4 Å². The topological polar surface area (TPSA) is 63.6 Å². The molecule has 0 N–H and O–H groups in total. The Morgan fingerprint density at radius 3 is 2.58 bits per heavy atom. The molecule has 3 aromatic heterocycles. The van der Waals surface area contributed by atoms with Gasteiger partial charge in [-0.05, 0) is 52.7 Å². The Hall–Kier alpha value is -3.73. The highest BCUT2D eigenvalue weighted by Gasteiger charge is 2.17. The van der Waals surface area contributed by atoms with Crippen LogP contribution in [0.4, 0.5) is 0 Å². The van der Waals surface area contributed by atoms with E-state index < -0.39 is 0 Å². The van der Waals surface area contributed by atoms with E-state index in [2.05, 4.69) is 6.07 Å². The summed E-state index contributed by atoms with van der Waals surface area (Å²) in [4.78, 5) is 18.1. The fraction of sp³-hybridized carbons (Fsp3) is 0.0417. The van der Waals surface area contributed by atoms with Gasteiger partial charge in [0.05, 0.1) is 21.3 Å². The first-order valence-electron chi connectivity index (χ1n) is 9.55. The number of thiazole rings is 1. The molecular formula is C24H16N4OS2. The summed E-state index contributed by atoms with van der Waals surface area (Å²) in [6.45, 7) is 0. The van der Waals surface area contributed by atoms with Crippen LogP contribution in [-0.2, 0) is 7.05 Å². The van der Waals surface area contributed by atoms with Crippen LogP contribution >= 0.6 is 22.7 Å². The molecule has 0 atom stereocenters. The van der Waals surface area contributed by atoms with Crippen molar-refractivity contribution in [1.29, 1.82) is 5.26 Å². The number of rotatable bonds is 3. The van der Waals surface area contributed by atoms with Crippen molar-refractivity contribution in [2.24, 2.45) is 7.05 Å². The van der Waals surface area contributed by atoms with Gasteiger partial charge in [-0.25, -0.2) is 4.98 Å². The largest absolute Gasteiger partial charge is 0.326 e. The molecule has 7 heteroatoms. The first-order valence-corrected chi connectivity index (χ1v) is 11.3. The monoisotopic (exact) mass is 440 g/mol. The number of nitrogens with zero attached hydrogens (tertiary/aromatic N) is 4. The van der Waals surface area contributed by atoms with E-state index in [1.165, 1.54) is 11.3 Å². The van der Waals surface area contributed by atoms with Gasteiger partial charge in [-0.3, -0.25) is 9.36 Å². The third kappa shape index (κ3) is 3.32. The molecule has 0 aliphatic heterocycles. The Labute approximate surface area is 185 Å². The van der Waals surface area contributed by atoms with Gasteiger partial charge in [0.15, 0.2) is 5.82 Å². The zero-order valence-corrected chi connectivity index (χ0v) is 18.2. The lowest BCUT2D eigenvalue weighted by Gasteiger charge is -2.04. The Balaban J connectivity index is 1.91. The summed E-state index contributed by atoms with van der Waals surface area (Å²) in [5.41, 5.74) is 3.65. The molecule has 0 saturated heterocycles. The molecule has 0 amide bonds. The lowest BCUT2D eigenvalue weighted by molar-refractivity contribution is 0.915. The summed E-state index contributed by atoms with van der Waals surface area (Å²) in [6.07, 6.45) is 1.87. The SMILES string of the molecule is Cn1c(/C(C#N)=c2\s/c(=C/c3ccsc3)c(=O)n2-c2ccccc2)nc2ccccc21. The molecule has 0 radical (unpaired) electrons. The standard InChI is InChI=1S/C24H16N4OS2/c1-27-20-10-6-5-9-19(20)26-22(27)18(14-25)24-28(17-7-3-2-4-8-17)23(29)21(31-24)13-16-11-12-30-15-16/h2-13,15H,1H3/b21-13+,24-18-. The van der Waals surface area contributed by atoms with Gasteiger partial charge in [-0.15, -0.1) is 11.3 Å². The lowest BCUT2D eigenvalue weighted by atomic mass is 10.3. The minimum Gasteiger partial charge on any atom is -0.326 e. The highest BCUT2D eigenvalue weighted by atomic mass is 32.1. The van der Waals surface area contributed by atoms with Crippen LogP contribution < -0.4 is 14.8 Å². The summed E-state index contributed by atoms with van der Waals surface area (Å²) >= 11 is 2.89. The number of fused-ring (bicyclic) bond motifs is 1. The Bertz CT molecular complexity index is 1620. The second kappa shape index (κ2) is 7.84. The van der Waals surface area contributed by atoms with E-state index in [1.54, 1.807) is 15.9 Å². The minimum absolute atomic E-state index is 0.149. The maximum Gasteiger partial charge on any atom is 0.273 e. The van der Waals surface area contributed by atoms with Crippen LogP contribution in [0.2, 0.25) is 0 Å². The van der Waals surface area contributed by atoms with Crippen LogP contribution in [0.3, 0.4) is 0 Å². The molecule has 3 heterocycles. The number of thiophene rings is 1. The van der Waals surface area contributed by atoms with Crippen molar-refractivity contribution in [3.05, 3.63) is 102 Å². The molecule has 0 fully saturated rings. The molecule has 0 aliphatic carbocycles. The summed E-state index contributed by atoms with van der Waals surface area (Å²) < 4.78 is 4.65. The third-order valence-corrected chi connectivity index (χ3v) is 6.81. The number of para-hydroxylation sites is 3. The maximum atomic E-state index is 13.4. The first-order chi connectivity index (χ1) is 15.2. The number of benzene rings is 2. The van der Waals surface area contributed by atoms with Crippen molar-refractivity contribution in [2.45, 2.75) is 0 Å². The van der Waals surface area contributed by atoms with Crippen LogP contribution in [0.5, 0.6) is 0 Å². The average molecular weight is 441 g/mol. The molecule has 5 rings (SSSR count). The van der Waals surface area contributed by atoms with Crippen molar-refractivity contribution in [3.63, 3.8) is 0 Å². The zero-order valence-electron chi connectivity index (χ0n) is 16.5. The summed E-state index contributed by atoms with van der Waals surface area (Å²) in [5.74, 6) is 0.539. The fourth-order valence-corrected chi connectivity index (χ4v) is 5.25. The van der Waals surface area contributed by atoms with Crippen molar-refractivity contribution >= 4 is 45.4 Å². The van der Waals surface area contributed by atoms with Crippen molar-refractivity contribution < 1.29 is 0 Å². The molecule has 2 aromatic carbocycles. The molecule has 5 aromatic rings. The highest BCUT2D eigenvalue weighted by Crippen LogP contribution is 2.19. The predicted octanol–water partition coefficient (Wildman–Crippen LogP) is 3.40. The molecule has 0 aliphatic rings. The number of hydrogen-bond donors (Lipinski definition) is 0. The van der Waals surface area contributed by atoms with Crippen molar-refractivity contribution in [2.75, 3.05) is 0 Å². The fourth-order valence-electron chi connectivity index (χ4n) is 3.53. The van der Waals surface area contributed by atoms with Gasteiger partial charge < -0.3 is 4.57 Å². The van der Waals surface area contributed by atoms with Gasteiger partial charge in [0.1, 0.15) is 16.3 Å². The van der Waals surface area contributed by atoms with E-state index in [4.69, 9.17) is 4.98 Å². The smallest absolute Gasteiger partial charge is 0.273 e. The van der Waals surface area contributed by atoms with E-state index >= 15 is 0 Å². The van der Waals surface area contributed by atoms with E-state index in [0.29, 0.717) is 20.6 Å². The van der Waals surface area contributed by atoms with Gasteiger partial charge in [-0.1, -0.05) is 30.3 Å². The van der Waals surface area contributed by atoms with E-state index in [-0.39, 0.29) is 5.56 Å². The Morgan fingerprint density at radius 1 is 1.10 bits per heavy atom. The molecule has 0 spiro atoms. The average Bonchev–Trinajstić information content (AvgIpc) is 3.50. The third-order valence-electron chi connectivity index (χ3n) is 5.02. The number of imidazole rings is 1. The normalized spacial score (nSPS) is 12.8. The molecule has 0 saturated carbocycles.